The van der Waals surface area contributed by atoms with Crippen molar-refractivity contribution in [2.45, 2.75) is 0 Å². The molecule has 23 heavy (non-hydrogen) atoms. The molecule has 2 amide bonds. The quantitative estimate of drug-likeness (QED) is 0.790. The van der Waals surface area contributed by atoms with Gasteiger partial charge in [-0.05, 0) is 42.5 Å². The second-order valence-corrected chi connectivity index (χ2v) is 4.94. The molecule has 0 radical (unpaired) electrons. The van der Waals surface area contributed by atoms with E-state index >= 15 is 0 Å². The van der Waals surface area contributed by atoms with Crippen molar-refractivity contribution in [1.82, 2.24) is 5.32 Å². The zero-order valence-corrected chi connectivity index (χ0v) is 13.2. The van der Waals surface area contributed by atoms with Crippen LogP contribution in [-0.4, -0.2) is 26.3 Å². The summed E-state index contributed by atoms with van der Waals surface area (Å²) >= 11 is 5.83. The predicted octanol–water partition coefficient (Wildman–Crippen LogP) is 3.69. The fourth-order valence-corrected chi connectivity index (χ4v) is 1.99. The van der Waals surface area contributed by atoms with E-state index in [2.05, 4.69) is 10.6 Å². The first kappa shape index (κ1) is 16.9. The van der Waals surface area contributed by atoms with Crippen LogP contribution in [0.4, 0.5) is 14.9 Å². The second kappa shape index (κ2) is 8.24. The van der Waals surface area contributed by atoms with Crippen molar-refractivity contribution < 1.29 is 18.7 Å². The smallest absolute Gasteiger partial charge is 0.319 e. The van der Waals surface area contributed by atoms with Crippen LogP contribution < -0.4 is 20.1 Å². The highest BCUT2D eigenvalue weighted by molar-refractivity contribution is 6.32. The van der Waals surface area contributed by atoms with Gasteiger partial charge in [-0.2, -0.15) is 0 Å². The summed E-state index contributed by atoms with van der Waals surface area (Å²) in [6, 6.07) is 10.5. The molecule has 0 spiro atoms. The molecule has 2 rings (SSSR count). The number of carbonyl (C=O) groups excluding carboxylic acids is 1. The first-order valence-electron chi connectivity index (χ1n) is 6.85. The molecule has 2 aromatic rings. The molecule has 0 aliphatic carbocycles. The fourth-order valence-electron chi connectivity index (χ4n) is 1.77. The van der Waals surface area contributed by atoms with Crippen LogP contribution in [0.5, 0.6) is 11.5 Å². The minimum atomic E-state index is -0.431. The van der Waals surface area contributed by atoms with Crippen LogP contribution in [0, 0.1) is 5.82 Å². The lowest BCUT2D eigenvalue weighted by Crippen LogP contribution is -2.32. The molecule has 5 nitrogen and oxygen atoms in total. The minimum Gasteiger partial charge on any atom is -0.497 e. The number of benzene rings is 2. The molecule has 0 fully saturated rings. The average Bonchev–Trinajstić information content (AvgIpc) is 2.54. The number of halogens is 2. The van der Waals surface area contributed by atoms with Gasteiger partial charge < -0.3 is 20.1 Å². The van der Waals surface area contributed by atoms with Gasteiger partial charge in [-0.3, -0.25) is 0 Å². The molecule has 0 saturated carbocycles. The molecule has 0 bridgehead atoms. The van der Waals surface area contributed by atoms with Crippen molar-refractivity contribution in [3.63, 3.8) is 0 Å². The normalized spacial score (nSPS) is 10.0. The lowest BCUT2D eigenvalue weighted by atomic mass is 10.3. The Bertz CT molecular complexity index is 665. The van der Waals surface area contributed by atoms with Crippen LogP contribution in [0.15, 0.2) is 42.5 Å². The van der Waals surface area contributed by atoms with Gasteiger partial charge in [-0.1, -0.05) is 11.6 Å². The molecule has 0 aliphatic heterocycles. The first-order valence-corrected chi connectivity index (χ1v) is 7.23. The van der Waals surface area contributed by atoms with Crippen LogP contribution in [-0.2, 0) is 0 Å². The Kier molecular flexibility index (Phi) is 6.05. The number of amides is 2. The summed E-state index contributed by atoms with van der Waals surface area (Å²) < 4.78 is 23.3. The molecule has 0 aliphatic rings. The predicted molar refractivity (Wildman–Crippen MR) is 86.9 cm³/mol. The fraction of sp³-hybridized carbons (Fsp3) is 0.188. The zero-order valence-electron chi connectivity index (χ0n) is 12.4. The average molecular weight is 339 g/mol. The number of nitrogens with one attached hydrogen (secondary N) is 2. The Hall–Kier alpha value is -2.47. The van der Waals surface area contributed by atoms with E-state index in [0.717, 1.165) is 0 Å². The SMILES string of the molecule is COc1ccc(NC(=O)NCCOc2ccc(F)cc2Cl)cc1. The summed E-state index contributed by atoms with van der Waals surface area (Å²) in [7, 11) is 1.57. The Morgan fingerprint density at radius 2 is 1.96 bits per heavy atom. The van der Waals surface area contributed by atoms with E-state index in [4.69, 9.17) is 21.1 Å². The molecule has 0 aromatic heterocycles. The van der Waals surface area contributed by atoms with Crippen LogP contribution >= 0.6 is 11.6 Å². The Labute approximate surface area is 138 Å². The van der Waals surface area contributed by atoms with Crippen molar-refractivity contribution in [2.75, 3.05) is 25.6 Å². The molecule has 7 heteroatoms. The summed E-state index contributed by atoms with van der Waals surface area (Å²) in [5, 5.41) is 5.50. The number of anilines is 1. The third-order valence-electron chi connectivity index (χ3n) is 2.89. The van der Waals surface area contributed by atoms with Gasteiger partial charge in [-0.15, -0.1) is 0 Å². The number of methoxy groups -OCH3 is 1. The van der Waals surface area contributed by atoms with Crippen molar-refractivity contribution in [3.05, 3.63) is 53.3 Å². The number of carbonyl (C=O) groups is 1. The lowest BCUT2D eigenvalue weighted by molar-refractivity contribution is 0.247. The Morgan fingerprint density at radius 1 is 1.22 bits per heavy atom. The number of hydrogen-bond donors (Lipinski definition) is 2. The molecular formula is C16H16ClFN2O3. The molecule has 0 heterocycles. The van der Waals surface area contributed by atoms with E-state index in [0.29, 0.717) is 17.2 Å². The monoisotopic (exact) mass is 338 g/mol. The second-order valence-electron chi connectivity index (χ2n) is 4.53. The van der Waals surface area contributed by atoms with E-state index in [1.807, 2.05) is 0 Å². The lowest BCUT2D eigenvalue weighted by Gasteiger charge is -2.10. The molecule has 0 atom stereocenters. The van der Waals surface area contributed by atoms with Gasteiger partial charge in [-0.25, -0.2) is 9.18 Å². The molecule has 0 unspecified atom stereocenters. The summed E-state index contributed by atoms with van der Waals surface area (Å²) in [6.07, 6.45) is 0. The maximum Gasteiger partial charge on any atom is 0.319 e. The van der Waals surface area contributed by atoms with Crippen molar-refractivity contribution >= 4 is 23.3 Å². The van der Waals surface area contributed by atoms with E-state index in [1.165, 1.54) is 18.2 Å². The molecule has 2 aromatic carbocycles. The summed E-state index contributed by atoms with van der Waals surface area (Å²) in [5.41, 5.74) is 0.644. The van der Waals surface area contributed by atoms with Gasteiger partial charge in [0.15, 0.2) is 0 Å². The molecule has 0 saturated heterocycles. The van der Waals surface area contributed by atoms with E-state index in [1.54, 1.807) is 31.4 Å². The number of ether oxygens (including phenoxy) is 2. The van der Waals surface area contributed by atoms with Crippen LogP contribution in [0.2, 0.25) is 5.02 Å². The highest BCUT2D eigenvalue weighted by Gasteiger charge is 2.04. The zero-order chi connectivity index (χ0) is 16.7. The summed E-state index contributed by atoms with van der Waals surface area (Å²) in [4.78, 5) is 11.7. The minimum absolute atomic E-state index is 0.188. The van der Waals surface area contributed by atoms with Crippen molar-refractivity contribution in [2.24, 2.45) is 0 Å². The largest absolute Gasteiger partial charge is 0.497 e. The summed E-state index contributed by atoms with van der Waals surface area (Å²) in [5.74, 6) is 0.644. The van der Waals surface area contributed by atoms with Gasteiger partial charge in [0, 0.05) is 5.69 Å². The van der Waals surface area contributed by atoms with Crippen molar-refractivity contribution in [1.29, 1.82) is 0 Å². The molecule has 122 valence electrons. The van der Waals surface area contributed by atoms with E-state index in [-0.39, 0.29) is 24.2 Å². The topological polar surface area (TPSA) is 59.6 Å². The highest BCUT2D eigenvalue weighted by atomic mass is 35.5. The number of rotatable bonds is 6. The van der Waals surface area contributed by atoms with Gasteiger partial charge >= 0.3 is 6.03 Å². The van der Waals surface area contributed by atoms with E-state index in [9.17, 15) is 9.18 Å². The highest BCUT2D eigenvalue weighted by Crippen LogP contribution is 2.24. The van der Waals surface area contributed by atoms with Gasteiger partial charge in [0.05, 0.1) is 18.7 Å². The third-order valence-corrected chi connectivity index (χ3v) is 3.18. The molecule has 2 N–H and O–H groups in total. The summed E-state index contributed by atoms with van der Waals surface area (Å²) in [6.45, 7) is 0.483. The number of urea groups is 1. The third kappa shape index (κ3) is 5.34. The van der Waals surface area contributed by atoms with Crippen LogP contribution in [0.25, 0.3) is 0 Å². The van der Waals surface area contributed by atoms with Crippen LogP contribution in [0.3, 0.4) is 0 Å². The molecular weight excluding hydrogens is 323 g/mol. The maximum absolute atomic E-state index is 12.9. The van der Waals surface area contributed by atoms with E-state index < -0.39 is 5.82 Å². The van der Waals surface area contributed by atoms with Crippen LogP contribution in [0.1, 0.15) is 0 Å². The Balaban J connectivity index is 1.72. The van der Waals surface area contributed by atoms with Gasteiger partial charge in [0.2, 0.25) is 0 Å². The van der Waals surface area contributed by atoms with Gasteiger partial charge in [0.1, 0.15) is 23.9 Å². The van der Waals surface area contributed by atoms with Crippen molar-refractivity contribution in [3.8, 4) is 11.5 Å². The number of hydrogen-bond acceptors (Lipinski definition) is 3. The van der Waals surface area contributed by atoms with Gasteiger partial charge in [0.25, 0.3) is 0 Å². The Morgan fingerprint density at radius 3 is 2.61 bits per heavy atom. The standard InChI is InChI=1S/C16H16ClFN2O3/c1-22-13-5-3-12(4-6-13)20-16(21)19-8-9-23-15-7-2-11(18)10-14(15)17/h2-7,10H,8-9H2,1H3,(H2,19,20,21). The maximum atomic E-state index is 12.9. The first-order chi connectivity index (χ1) is 11.1.